The number of imide groups is 1. The molecule has 8 nitrogen and oxygen atoms in total. The lowest BCUT2D eigenvalue weighted by Gasteiger charge is -2.13. The van der Waals surface area contributed by atoms with Crippen molar-refractivity contribution in [1.82, 2.24) is 4.90 Å². The first-order valence-electron chi connectivity index (χ1n) is 11.3. The smallest absolute Gasteiger partial charge is 0.416 e. The molecule has 0 atom stereocenters. The summed E-state index contributed by atoms with van der Waals surface area (Å²) in [6, 6.07) is 13.0. The molecule has 3 amide bonds. The van der Waals surface area contributed by atoms with Crippen LogP contribution in [0.2, 0.25) is 0 Å². The molecule has 3 aromatic carbocycles. The summed E-state index contributed by atoms with van der Waals surface area (Å²) < 4.78 is 48.8. The highest BCUT2D eigenvalue weighted by Crippen LogP contribution is 2.35. The summed E-state index contributed by atoms with van der Waals surface area (Å²) in [5.74, 6) is -0.715. The van der Waals surface area contributed by atoms with Gasteiger partial charge in [-0.2, -0.15) is 13.2 Å². The molecule has 0 unspecified atom stereocenters. The number of phenols is 1. The second-order valence-corrected chi connectivity index (χ2v) is 9.26. The van der Waals surface area contributed by atoms with Crippen molar-refractivity contribution in [2.45, 2.75) is 12.7 Å². The number of benzene rings is 3. The SMILES string of the molecule is COc1ccc(NC(=O)c2cc(/C=C3/SC(=O)N(Cc4ccc(C(F)(F)F)cc4)C3=O)ccc2O)cc1OC. The molecule has 12 heteroatoms. The second-order valence-electron chi connectivity index (χ2n) is 8.26. The summed E-state index contributed by atoms with van der Waals surface area (Å²) in [4.78, 5) is 39.2. The Balaban J connectivity index is 1.51. The summed E-state index contributed by atoms with van der Waals surface area (Å²) in [5, 5.41) is 12.3. The average molecular weight is 559 g/mol. The summed E-state index contributed by atoms with van der Waals surface area (Å²) in [7, 11) is 2.92. The van der Waals surface area contributed by atoms with Gasteiger partial charge < -0.3 is 19.9 Å². The van der Waals surface area contributed by atoms with E-state index in [4.69, 9.17) is 9.47 Å². The number of amides is 3. The molecule has 1 fully saturated rings. The van der Waals surface area contributed by atoms with Gasteiger partial charge in [-0.25, -0.2) is 0 Å². The quantitative estimate of drug-likeness (QED) is 0.347. The van der Waals surface area contributed by atoms with Crippen molar-refractivity contribution in [3.63, 3.8) is 0 Å². The Morgan fingerprint density at radius 3 is 2.33 bits per heavy atom. The van der Waals surface area contributed by atoms with Crippen molar-refractivity contribution < 1.29 is 42.1 Å². The first kappa shape index (κ1) is 27.6. The number of carbonyl (C=O) groups is 3. The molecule has 1 heterocycles. The molecule has 0 aromatic heterocycles. The van der Waals surface area contributed by atoms with Gasteiger partial charge in [0.15, 0.2) is 11.5 Å². The van der Waals surface area contributed by atoms with Crippen molar-refractivity contribution in [2.24, 2.45) is 0 Å². The van der Waals surface area contributed by atoms with Crippen molar-refractivity contribution >= 4 is 40.6 Å². The largest absolute Gasteiger partial charge is 0.507 e. The molecule has 202 valence electrons. The molecule has 1 saturated heterocycles. The van der Waals surface area contributed by atoms with Crippen LogP contribution in [0.5, 0.6) is 17.2 Å². The predicted octanol–water partition coefficient (Wildman–Crippen LogP) is 5.92. The number of halogens is 3. The minimum Gasteiger partial charge on any atom is -0.507 e. The standard InChI is InChI=1S/C27H21F3N2O6S/c1-37-21-10-8-18(13-22(21)38-2)31-24(34)19-11-16(5-9-20(19)33)12-23-25(35)32(26(36)39-23)14-15-3-6-17(7-4-15)27(28,29)30/h3-13,33H,14H2,1-2H3,(H,31,34)/b23-12+. The van der Waals surface area contributed by atoms with E-state index in [0.29, 0.717) is 40.1 Å². The first-order chi connectivity index (χ1) is 18.5. The lowest BCUT2D eigenvalue weighted by molar-refractivity contribution is -0.137. The lowest BCUT2D eigenvalue weighted by atomic mass is 10.1. The average Bonchev–Trinajstić information content (AvgIpc) is 3.16. The van der Waals surface area contributed by atoms with Crippen LogP contribution in [0.3, 0.4) is 0 Å². The number of rotatable bonds is 7. The Kier molecular flexibility index (Phi) is 7.86. The Morgan fingerprint density at radius 1 is 1.00 bits per heavy atom. The van der Waals surface area contributed by atoms with Gasteiger partial charge in [-0.3, -0.25) is 19.3 Å². The number of methoxy groups -OCH3 is 2. The van der Waals surface area contributed by atoms with Gasteiger partial charge in [0.1, 0.15) is 5.75 Å². The van der Waals surface area contributed by atoms with E-state index in [1.54, 1.807) is 18.2 Å². The number of hydrogen-bond acceptors (Lipinski definition) is 7. The Hall–Kier alpha value is -4.45. The van der Waals surface area contributed by atoms with Gasteiger partial charge in [-0.1, -0.05) is 18.2 Å². The van der Waals surface area contributed by atoms with E-state index in [1.807, 2.05) is 0 Å². The molecule has 0 aliphatic carbocycles. The minimum absolute atomic E-state index is 0.0591. The molecule has 0 radical (unpaired) electrons. The number of aromatic hydroxyl groups is 1. The number of nitrogens with one attached hydrogen (secondary N) is 1. The predicted molar refractivity (Wildman–Crippen MR) is 139 cm³/mol. The minimum atomic E-state index is -4.50. The maximum Gasteiger partial charge on any atom is 0.416 e. The summed E-state index contributed by atoms with van der Waals surface area (Å²) in [6.07, 6.45) is -3.10. The van der Waals surface area contributed by atoms with Crippen molar-refractivity contribution in [3.8, 4) is 17.2 Å². The molecule has 1 aliphatic rings. The summed E-state index contributed by atoms with van der Waals surface area (Å²) in [6.45, 7) is -0.200. The number of hydrogen-bond donors (Lipinski definition) is 2. The number of phenolic OH excluding ortho intramolecular Hbond substituents is 1. The molecule has 0 spiro atoms. The monoisotopic (exact) mass is 558 g/mol. The van der Waals surface area contributed by atoms with Crippen molar-refractivity contribution in [1.29, 1.82) is 0 Å². The number of nitrogens with zero attached hydrogens (tertiary/aromatic N) is 1. The third-order valence-corrected chi connectivity index (χ3v) is 6.61. The van der Waals surface area contributed by atoms with E-state index in [9.17, 15) is 32.7 Å². The zero-order valence-corrected chi connectivity index (χ0v) is 21.4. The fourth-order valence-corrected chi connectivity index (χ4v) is 4.55. The number of thioether (sulfide) groups is 1. The highest BCUT2D eigenvalue weighted by atomic mass is 32.2. The molecule has 39 heavy (non-hydrogen) atoms. The van der Waals surface area contributed by atoms with E-state index in [2.05, 4.69) is 5.32 Å². The van der Waals surface area contributed by atoms with Crippen LogP contribution in [0.4, 0.5) is 23.7 Å². The number of anilines is 1. The Morgan fingerprint density at radius 2 is 1.69 bits per heavy atom. The van der Waals surface area contributed by atoms with Crippen LogP contribution in [0.15, 0.2) is 65.6 Å². The lowest BCUT2D eigenvalue weighted by Crippen LogP contribution is -2.27. The van der Waals surface area contributed by atoms with Crippen LogP contribution in [-0.4, -0.2) is 41.3 Å². The molecule has 3 aromatic rings. The maximum atomic E-state index is 12.9. The van der Waals surface area contributed by atoms with Crippen LogP contribution >= 0.6 is 11.8 Å². The summed E-state index contributed by atoms with van der Waals surface area (Å²) >= 11 is 0.662. The third kappa shape index (κ3) is 6.17. The second kappa shape index (κ2) is 11.1. The molecule has 0 saturated carbocycles. The molecule has 1 aliphatic heterocycles. The first-order valence-corrected chi connectivity index (χ1v) is 12.1. The van der Waals surface area contributed by atoms with E-state index in [-0.39, 0.29) is 22.8 Å². The topological polar surface area (TPSA) is 105 Å². The van der Waals surface area contributed by atoms with Gasteiger partial charge in [0.2, 0.25) is 0 Å². The van der Waals surface area contributed by atoms with E-state index in [1.165, 1.54) is 50.6 Å². The van der Waals surface area contributed by atoms with Crippen LogP contribution in [0, 0.1) is 0 Å². The highest BCUT2D eigenvalue weighted by molar-refractivity contribution is 8.18. The van der Waals surface area contributed by atoms with E-state index >= 15 is 0 Å². The molecule has 2 N–H and O–H groups in total. The van der Waals surface area contributed by atoms with Crippen molar-refractivity contribution in [3.05, 3.63) is 87.8 Å². The zero-order chi connectivity index (χ0) is 28.3. The van der Waals surface area contributed by atoms with Crippen LogP contribution in [-0.2, 0) is 17.5 Å². The summed E-state index contributed by atoms with van der Waals surface area (Å²) in [5.41, 5.74) is 0.184. The van der Waals surface area contributed by atoms with Crippen LogP contribution in [0.25, 0.3) is 6.08 Å². The van der Waals surface area contributed by atoms with Gasteiger partial charge in [0, 0.05) is 11.8 Å². The zero-order valence-electron chi connectivity index (χ0n) is 20.5. The molecular formula is C27H21F3N2O6S. The van der Waals surface area contributed by atoms with Crippen molar-refractivity contribution in [2.75, 3.05) is 19.5 Å². The van der Waals surface area contributed by atoms with Crippen LogP contribution in [0.1, 0.15) is 27.0 Å². The maximum absolute atomic E-state index is 12.9. The van der Waals surface area contributed by atoms with E-state index < -0.39 is 28.8 Å². The molecular weight excluding hydrogens is 537 g/mol. The van der Waals surface area contributed by atoms with Crippen LogP contribution < -0.4 is 14.8 Å². The van der Waals surface area contributed by atoms with Gasteiger partial charge in [0.05, 0.1) is 36.8 Å². The molecule has 0 bridgehead atoms. The number of ether oxygens (including phenoxy) is 2. The van der Waals surface area contributed by atoms with E-state index in [0.717, 1.165) is 17.0 Å². The number of alkyl halides is 3. The Bertz CT molecular complexity index is 1470. The van der Waals surface area contributed by atoms with Gasteiger partial charge >= 0.3 is 6.18 Å². The van der Waals surface area contributed by atoms with Gasteiger partial charge in [-0.15, -0.1) is 0 Å². The fourth-order valence-electron chi connectivity index (χ4n) is 3.71. The number of carbonyl (C=O) groups excluding carboxylic acids is 3. The van der Waals surface area contributed by atoms with Gasteiger partial charge in [-0.05, 0) is 65.4 Å². The van der Waals surface area contributed by atoms with Gasteiger partial charge in [0.25, 0.3) is 17.1 Å². The molecule has 4 rings (SSSR count). The third-order valence-electron chi connectivity index (χ3n) is 5.70. The Labute approximate surface area is 225 Å². The normalized spacial score (nSPS) is 14.6. The fraction of sp³-hybridized carbons (Fsp3) is 0.148. The highest BCUT2D eigenvalue weighted by Gasteiger charge is 2.35.